The number of aryl methyl sites for hydroxylation is 1. The average molecular weight is 265 g/mol. The normalized spacial score (nSPS) is 10.4. The first-order valence-corrected chi connectivity index (χ1v) is 5.65. The first kappa shape index (κ1) is 12.6. The van der Waals surface area contributed by atoms with Crippen LogP contribution in [0.4, 0.5) is 4.39 Å². The Hall–Kier alpha value is -1.87. The maximum Gasteiger partial charge on any atom is 0.335 e. The first-order chi connectivity index (χ1) is 8.47. The zero-order chi connectivity index (χ0) is 13.3. The minimum atomic E-state index is -1.09. The SMILES string of the molecule is Cc1ccc(-c2cc(Cl)cc(C(=O)O)c2)c(F)c1. The van der Waals surface area contributed by atoms with Crippen molar-refractivity contribution in [3.8, 4) is 11.1 Å². The molecule has 0 spiro atoms. The Labute approximate surface area is 109 Å². The van der Waals surface area contributed by atoms with E-state index in [0.717, 1.165) is 5.56 Å². The van der Waals surface area contributed by atoms with Crippen molar-refractivity contribution in [2.45, 2.75) is 6.92 Å². The van der Waals surface area contributed by atoms with E-state index in [1.54, 1.807) is 25.1 Å². The highest BCUT2D eigenvalue weighted by molar-refractivity contribution is 6.31. The summed E-state index contributed by atoms with van der Waals surface area (Å²) in [5.74, 6) is -1.49. The minimum Gasteiger partial charge on any atom is -0.478 e. The van der Waals surface area contributed by atoms with Crippen LogP contribution in [0.5, 0.6) is 0 Å². The number of aromatic carboxylic acids is 1. The summed E-state index contributed by atoms with van der Waals surface area (Å²) in [5.41, 5.74) is 1.64. The molecule has 0 saturated heterocycles. The molecule has 0 aliphatic carbocycles. The summed E-state index contributed by atoms with van der Waals surface area (Å²) in [6.45, 7) is 1.79. The van der Waals surface area contributed by atoms with Gasteiger partial charge in [0.2, 0.25) is 0 Å². The van der Waals surface area contributed by atoms with Gasteiger partial charge in [-0.05, 0) is 42.3 Å². The largest absolute Gasteiger partial charge is 0.478 e. The van der Waals surface area contributed by atoms with Crippen LogP contribution in [0.15, 0.2) is 36.4 Å². The molecule has 0 amide bonds. The highest BCUT2D eigenvalue weighted by Crippen LogP contribution is 2.27. The summed E-state index contributed by atoms with van der Waals surface area (Å²) in [7, 11) is 0. The molecule has 0 aromatic heterocycles. The van der Waals surface area contributed by atoms with Crippen molar-refractivity contribution in [2.24, 2.45) is 0 Å². The maximum absolute atomic E-state index is 13.8. The minimum absolute atomic E-state index is 0.0393. The molecule has 4 heteroatoms. The van der Waals surface area contributed by atoms with Crippen molar-refractivity contribution < 1.29 is 14.3 Å². The van der Waals surface area contributed by atoms with E-state index >= 15 is 0 Å². The standard InChI is InChI=1S/C14H10ClFO2/c1-8-2-3-12(13(16)4-8)9-5-10(14(17)18)7-11(15)6-9/h2-7H,1H3,(H,17,18). The molecule has 2 aromatic rings. The second-order valence-electron chi connectivity index (χ2n) is 4.02. The average Bonchev–Trinajstić information content (AvgIpc) is 2.27. The van der Waals surface area contributed by atoms with E-state index in [-0.39, 0.29) is 10.6 Å². The van der Waals surface area contributed by atoms with Crippen molar-refractivity contribution in [2.75, 3.05) is 0 Å². The van der Waals surface area contributed by atoms with Gasteiger partial charge in [-0.15, -0.1) is 0 Å². The van der Waals surface area contributed by atoms with E-state index < -0.39 is 11.8 Å². The Morgan fingerprint density at radius 3 is 2.56 bits per heavy atom. The number of hydrogen-bond donors (Lipinski definition) is 1. The Balaban J connectivity index is 2.60. The Morgan fingerprint density at radius 2 is 1.94 bits per heavy atom. The van der Waals surface area contributed by atoms with Gasteiger partial charge in [0.05, 0.1) is 5.56 Å². The number of hydrogen-bond acceptors (Lipinski definition) is 1. The van der Waals surface area contributed by atoms with Crippen molar-refractivity contribution in [1.29, 1.82) is 0 Å². The third-order valence-corrected chi connectivity index (χ3v) is 2.80. The molecule has 18 heavy (non-hydrogen) atoms. The molecule has 2 aromatic carbocycles. The molecule has 0 aliphatic heterocycles. The smallest absolute Gasteiger partial charge is 0.335 e. The Kier molecular flexibility index (Phi) is 3.34. The van der Waals surface area contributed by atoms with Gasteiger partial charge in [0.15, 0.2) is 0 Å². The van der Waals surface area contributed by atoms with Crippen LogP contribution in [0.2, 0.25) is 5.02 Å². The number of rotatable bonds is 2. The van der Waals surface area contributed by atoms with Crippen LogP contribution in [-0.2, 0) is 0 Å². The van der Waals surface area contributed by atoms with Gasteiger partial charge >= 0.3 is 5.97 Å². The zero-order valence-electron chi connectivity index (χ0n) is 9.58. The van der Waals surface area contributed by atoms with Gasteiger partial charge in [-0.25, -0.2) is 9.18 Å². The van der Waals surface area contributed by atoms with Gasteiger partial charge in [-0.2, -0.15) is 0 Å². The molecule has 2 nitrogen and oxygen atoms in total. The number of benzene rings is 2. The fourth-order valence-corrected chi connectivity index (χ4v) is 1.96. The van der Waals surface area contributed by atoms with Gasteiger partial charge in [0.1, 0.15) is 5.82 Å². The molecule has 92 valence electrons. The molecule has 0 radical (unpaired) electrons. The molecule has 1 N–H and O–H groups in total. The molecular weight excluding hydrogens is 255 g/mol. The summed E-state index contributed by atoms with van der Waals surface area (Å²) in [4.78, 5) is 10.9. The van der Waals surface area contributed by atoms with Crippen molar-refractivity contribution in [1.82, 2.24) is 0 Å². The lowest BCUT2D eigenvalue weighted by Crippen LogP contribution is -1.97. The van der Waals surface area contributed by atoms with Crippen molar-refractivity contribution >= 4 is 17.6 Å². The molecule has 2 rings (SSSR count). The molecule has 0 heterocycles. The molecule has 0 bridgehead atoms. The number of carboxylic acids is 1. The lowest BCUT2D eigenvalue weighted by Gasteiger charge is -2.06. The molecule has 0 saturated carbocycles. The van der Waals surface area contributed by atoms with Crippen LogP contribution in [0.25, 0.3) is 11.1 Å². The summed E-state index contributed by atoms with van der Waals surface area (Å²) < 4.78 is 13.8. The second-order valence-corrected chi connectivity index (χ2v) is 4.45. The molecule has 0 aliphatic rings. The zero-order valence-corrected chi connectivity index (χ0v) is 10.3. The predicted octanol–water partition coefficient (Wildman–Crippen LogP) is 4.15. The number of carboxylic acid groups (broad SMARTS) is 1. The van der Waals surface area contributed by atoms with Gasteiger partial charge in [-0.3, -0.25) is 0 Å². The van der Waals surface area contributed by atoms with Crippen LogP contribution in [-0.4, -0.2) is 11.1 Å². The van der Waals surface area contributed by atoms with Crippen LogP contribution in [0.3, 0.4) is 0 Å². The van der Waals surface area contributed by atoms with E-state index in [2.05, 4.69) is 0 Å². The van der Waals surface area contributed by atoms with Gasteiger partial charge in [0, 0.05) is 10.6 Å². The van der Waals surface area contributed by atoms with E-state index in [1.807, 2.05) is 0 Å². The van der Waals surface area contributed by atoms with Crippen LogP contribution >= 0.6 is 11.6 Å². The number of halogens is 2. The summed E-state index contributed by atoms with van der Waals surface area (Å²) in [6.07, 6.45) is 0. The van der Waals surface area contributed by atoms with Crippen LogP contribution < -0.4 is 0 Å². The van der Waals surface area contributed by atoms with E-state index in [9.17, 15) is 9.18 Å². The first-order valence-electron chi connectivity index (χ1n) is 5.28. The summed E-state index contributed by atoms with van der Waals surface area (Å²) in [5, 5.41) is 9.21. The van der Waals surface area contributed by atoms with Crippen LogP contribution in [0, 0.1) is 12.7 Å². The Morgan fingerprint density at radius 1 is 1.22 bits per heavy atom. The highest BCUT2D eigenvalue weighted by Gasteiger charge is 2.10. The van der Waals surface area contributed by atoms with Crippen molar-refractivity contribution in [3.63, 3.8) is 0 Å². The molecular formula is C14H10ClFO2. The van der Waals surface area contributed by atoms with Crippen LogP contribution in [0.1, 0.15) is 15.9 Å². The predicted molar refractivity (Wildman–Crippen MR) is 68.5 cm³/mol. The van der Waals surface area contributed by atoms with Gasteiger partial charge in [-0.1, -0.05) is 23.7 Å². The fraction of sp³-hybridized carbons (Fsp3) is 0.0714. The monoisotopic (exact) mass is 264 g/mol. The quantitative estimate of drug-likeness (QED) is 0.885. The highest BCUT2D eigenvalue weighted by atomic mass is 35.5. The Bertz CT molecular complexity index is 623. The maximum atomic E-state index is 13.8. The molecule has 0 fully saturated rings. The van der Waals surface area contributed by atoms with Gasteiger partial charge < -0.3 is 5.11 Å². The summed E-state index contributed by atoms with van der Waals surface area (Å²) >= 11 is 5.84. The van der Waals surface area contributed by atoms with Crippen molar-refractivity contribution in [3.05, 3.63) is 58.4 Å². The topological polar surface area (TPSA) is 37.3 Å². The van der Waals surface area contributed by atoms with E-state index in [1.165, 1.54) is 18.2 Å². The third-order valence-electron chi connectivity index (χ3n) is 2.58. The van der Waals surface area contributed by atoms with E-state index in [4.69, 9.17) is 16.7 Å². The van der Waals surface area contributed by atoms with E-state index in [0.29, 0.717) is 11.1 Å². The third kappa shape index (κ3) is 2.51. The second kappa shape index (κ2) is 4.78. The molecule has 0 unspecified atom stereocenters. The summed E-state index contributed by atoms with van der Waals surface area (Å²) in [6, 6.07) is 9.06. The van der Waals surface area contributed by atoms with Gasteiger partial charge in [0.25, 0.3) is 0 Å². The molecule has 0 atom stereocenters. The lowest BCUT2D eigenvalue weighted by atomic mass is 10.0. The lowest BCUT2D eigenvalue weighted by molar-refractivity contribution is 0.0697. The number of carbonyl (C=O) groups is 1. The fourth-order valence-electron chi connectivity index (χ4n) is 1.72.